The summed E-state index contributed by atoms with van der Waals surface area (Å²) < 4.78 is 66.6. The number of hydrogen-bond acceptors (Lipinski definition) is 2. The van der Waals surface area contributed by atoms with E-state index in [1.807, 2.05) is 13.8 Å². The van der Waals surface area contributed by atoms with E-state index >= 15 is 0 Å². The maximum Gasteiger partial charge on any atom is 0.200 e. The molecule has 0 aliphatic rings. The Morgan fingerprint density at radius 3 is 1.71 bits per heavy atom. The van der Waals surface area contributed by atoms with Gasteiger partial charge >= 0.3 is 0 Å². The fourth-order valence-corrected chi connectivity index (χ4v) is 1.96. The van der Waals surface area contributed by atoms with Gasteiger partial charge in [0.15, 0.2) is 23.3 Å². The molecule has 0 aromatic heterocycles. The summed E-state index contributed by atoms with van der Waals surface area (Å²) in [5.74, 6) is -9.54. The molecular weight excluding hydrogens is 291 g/mol. The van der Waals surface area contributed by atoms with Crippen molar-refractivity contribution in [3.05, 3.63) is 34.6 Å². The normalized spacial score (nSPS) is 12.3. The van der Waals surface area contributed by atoms with Crippen LogP contribution in [0.3, 0.4) is 0 Å². The first kappa shape index (κ1) is 17.8. The van der Waals surface area contributed by atoms with Crippen molar-refractivity contribution >= 4 is 0 Å². The van der Waals surface area contributed by atoms with Gasteiger partial charge in [-0.15, -0.1) is 0 Å². The molecule has 2 N–H and O–H groups in total. The van der Waals surface area contributed by atoms with Gasteiger partial charge in [0.2, 0.25) is 5.82 Å². The Hall–Kier alpha value is -1.21. The molecule has 120 valence electrons. The number of hydrogen-bond donors (Lipinski definition) is 1. The second-order valence-corrected chi connectivity index (χ2v) is 5.72. The number of nitrogens with zero attached hydrogens (tertiary/aromatic N) is 1. The van der Waals surface area contributed by atoms with Crippen LogP contribution < -0.4 is 5.73 Å². The van der Waals surface area contributed by atoms with Crippen molar-refractivity contribution in [2.45, 2.75) is 27.3 Å². The van der Waals surface area contributed by atoms with Gasteiger partial charge < -0.3 is 5.73 Å². The molecule has 7 heteroatoms. The highest BCUT2D eigenvalue weighted by Gasteiger charge is 2.28. The zero-order valence-corrected chi connectivity index (χ0v) is 12.2. The molecule has 0 saturated carbocycles. The second kappa shape index (κ2) is 6.70. The van der Waals surface area contributed by atoms with Gasteiger partial charge in [-0.1, -0.05) is 20.8 Å². The average molecular weight is 310 g/mol. The molecular formula is C14H19F5N2. The Labute approximate surface area is 120 Å². The van der Waals surface area contributed by atoms with E-state index in [1.54, 1.807) is 11.8 Å². The van der Waals surface area contributed by atoms with Crippen molar-refractivity contribution in [3.8, 4) is 0 Å². The third-order valence-corrected chi connectivity index (χ3v) is 3.33. The van der Waals surface area contributed by atoms with Gasteiger partial charge in [-0.25, -0.2) is 22.0 Å². The summed E-state index contributed by atoms with van der Waals surface area (Å²) in [5.41, 5.74) is 4.43. The van der Waals surface area contributed by atoms with Gasteiger partial charge in [-0.05, 0) is 18.5 Å². The summed E-state index contributed by atoms with van der Waals surface area (Å²) in [6.07, 6.45) is 0. The Balaban J connectivity index is 3.12. The summed E-state index contributed by atoms with van der Waals surface area (Å²) >= 11 is 0. The fourth-order valence-electron chi connectivity index (χ4n) is 1.96. The molecule has 1 aromatic rings. The lowest BCUT2D eigenvalue weighted by Gasteiger charge is -2.31. The highest BCUT2D eigenvalue weighted by molar-refractivity contribution is 5.24. The maximum absolute atomic E-state index is 13.6. The molecule has 0 unspecified atom stereocenters. The average Bonchev–Trinajstić information content (AvgIpc) is 2.46. The lowest BCUT2D eigenvalue weighted by atomic mass is 9.93. The van der Waals surface area contributed by atoms with Gasteiger partial charge in [0.25, 0.3) is 0 Å². The molecule has 0 atom stereocenters. The summed E-state index contributed by atoms with van der Waals surface area (Å²) in [7, 11) is 0. The SMILES string of the molecule is CCN(Cc1c(F)c(F)c(F)c(F)c1F)CC(C)(C)CN. The minimum atomic E-state index is -2.14. The van der Waals surface area contributed by atoms with Crippen LogP contribution in [-0.4, -0.2) is 24.5 Å². The van der Waals surface area contributed by atoms with Crippen LogP contribution in [-0.2, 0) is 6.54 Å². The minimum absolute atomic E-state index is 0.333. The number of halogens is 5. The minimum Gasteiger partial charge on any atom is -0.330 e. The van der Waals surface area contributed by atoms with E-state index < -0.39 is 34.6 Å². The fraction of sp³-hybridized carbons (Fsp3) is 0.571. The molecule has 0 heterocycles. The van der Waals surface area contributed by atoms with Gasteiger partial charge in [0, 0.05) is 18.7 Å². The number of rotatable bonds is 6. The predicted molar refractivity (Wildman–Crippen MR) is 70.0 cm³/mol. The number of nitrogens with two attached hydrogens (primary N) is 1. The summed E-state index contributed by atoms with van der Waals surface area (Å²) in [6.45, 7) is 6.18. The van der Waals surface area contributed by atoms with Crippen molar-refractivity contribution in [1.82, 2.24) is 4.90 Å². The second-order valence-electron chi connectivity index (χ2n) is 5.72. The summed E-state index contributed by atoms with van der Waals surface area (Å²) in [6, 6.07) is 0. The van der Waals surface area contributed by atoms with E-state index in [0.29, 0.717) is 19.6 Å². The number of benzene rings is 1. The van der Waals surface area contributed by atoms with Crippen LogP contribution in [0, 0.1) is 34.5 Å². The van der Waals surface area contributed by atoms with Crippen LogP contribution in [0.15, 0.2) is 0 Å². The molecule has 0 fully saturated rings. The van der Waals surface area contributed by atoms with E-state index in [2.05, 4.69) is 0 Å². The Morgan fingerprint density at radius 2 is 1.33 bits per heavy atom. The largest absolute Gasteiger partial charge is 0.330 e. The molecule has 0 radical (unpaired) electrons. The highest BCUT2D eigenvalue weighted by Crippen LogP contribution is 2.25. The van der Waals surface area contributed by atoms with E-state index in [9.17, 15) is 22.0 Å². The van der Waals surface area contributed by atoms with E-state index in [0.717, 1.165) is 0 Å². The molecule has 0 aliphatic heterocycles. The van der Waals surface area contributed by atoms with Crippen molar-refractivity contribution in [1.29, 1.82) is 0 Å². The van der Waals surface area contributed by atoms with Crippen LogP contribution in [0.1, 0.15) is 26.3 Å². The van der Waals surface area contributed by atoms with Gasteiger partial charge in [-0.3, -0.25) is 4.90 Å². The topological polar surface area (TPSA) is 29.3 Å². The van der Waals surface area contributed by atoms with E-state index in [1.165, 1.54) is 0 Å². The third kappa shape index (κ3) is 3.91. The van der Waals surface area contributed by atoms with Crippen LogP contribution in [0.4, 0.5) is 22.0 Å². The maximum atomic E-state index is 13.6. The first-order valence-electron chi connectivity index (χ1n) is 6.57. The molecule has 21 heavy (non-hydrogen) atoms. The zero-order valence-electron chi connectivity index (χ0n) is 12.2. The van der Waals surface area contributed by atoms with E-state index in [-0.39, 0.29) is 12.0 Å². The van der Waals surface area contributed by atoms with Crippen molar-refractivity contribution in [2.24, 2.45) is 11.1 Å². The highest BCUT2D eigenvalue weighted by atomic mass is 19.2. The van der Waals surface area contributed by atoms with Crippen LogP contribution in [0.2, 0.25) is 0 Å². The van der Waals surface area contributed by atoms with Crippen LogP contribution in [0.5, 0.6) is 0 Å². The van der Waals surface area contributed by atoms with Gasteiger partial charge in [0.05, 0.1) is 0 Å². The third-order valence-electron chi connectivity index (χ3n) is 3.33. The van der Waals surface area contributed by atoms with Crippen molar-refractivity contribution in [2.75, 3.05) is 19.6 Å². The molecule has 1 rings (SSSR count). The Bertz CT molecular complexity index is 488. The van der Waals surface area contributed by atoms with Crippen LogP contribution in [0.25, 0.3) is 0 Å². The molecule has 2 nitrogen and oxygen atoms in total. The zero-order chi connectivity index (χ0) is 16.4. The van der Waals surface area contributed by atoms with Gasteiger partial charge in [0.1, 0.15) is 0 Å². The Morgan fingerprint density at radius 1 is 0.905 bits per heavy atom. The summed E-state index contributed by atoms with van der Waals surface area (Å²) in [5, 5.41) is 0. The first-order valence-corrected chi connectivity index (χ1v) is 6.57. The molecule has 0 bridgehead atoms. The molecule has 0 aliphatic carbocycles. The molecule has 0 saturated heterocycles. The molecule has 0 spiro atoms. The van der Waals surface area contributed by atoms with Gasteiger partial charge in [-0.2, -0.15) is 0 Å². The monoisotopic (exact) mass is 310 g/mol. The van der Waals surface area contributed by atoms with Crippen LogP contribution >= 0.6 is 0 Å². The Kier molecular flexibility index (Phi) is 5.69. The quantitative estimate of drug-likeness (QED) is 0.497. The van der Waals surface area contributed by atoms with E-state index in [4.69, 9.17) is 5.73 Å². The lowest BCUT2D eigenvalue weighted by molar-refractivity contribution is 0.178. The first-order chi connectivity index (χ1) is 9.64. The summed E-state index contributed by atoms with van der Waals surface area (Å²) in [4.78, 5) is 1.59. The molecule has 1 aromatic carbocycles. The van der Waals surface area contributed by atoms with Crippen molar-refractivity contribution in [3.63, 3.8) is 0 Å². The predicted octanol–water partition coefficient (Wildman–Crippen LogP) is 3.19. The molecule has 0 amide bonds. The smallest absolute Gasteiger partial charge is 0.200 e. The standard InChI is InChI=1S/C14H19F5N2/c1-4-21(7-14(2,3)6-20)5-8-9(15)11(17)13(19)12(18)10(8)16/h4-7,20H2,1-3H3. The van der Waals surface area contributed by atoms with Crippen molar-refractivity contribution < 1.29 is 22.0 Å². The lowest BCUT2D eigenvalue weighted by Crippen LogP contribution is -2.38.